The molecule has 2 N–H and O–H groups in total. The first-order valence-electron chi connectivity index (χ1n) is 8.49. The fourth-order valence-corrected chi connectivity index (χ4v) is 4.17. The lowest BCUT2D eigenvalue weighted by Crippen LogP contribution is -2.16. The molecular weight excluding hydrogens is 340 g/mol. The van der Waals surface area contributed by atoms with Crippen LogP contribution in [0.4, 0.5) is 5.69 Å². The highest BCUT2D eigenvalue weighted by Crippen LogP contribution is 2.29. The first-order valence-corrected chi connectivity index (χ1v) is 9.31. The highest BCUT2D eigenvalue weighted by atomic mass is 35.5. The Hall–Kier alpha value is -1.36. The number of benzene rings is 1. The van der Waals surface area contributed by atoms with Gasteiger partial charge in [0, 0.05) is 17.1 Å². The van der Waals surface area contributed by atoms with Crippen molar-refractivity contribution in [1.29, 1.82) is 0 Å². The molecule has 2 aromatic rings. The first-order chi connectivity index (χ1) is 11.3. The van der Waals surface area contributed by atoms with Crippen molar-refractivity contribution in [2.75, 3.05) is 11.9 Å². The maximum Gasteiger partial charge on any atom is 0.265 e. The fraction of sp³-hybridized carbons (Fsp3) is 0.421. The zero-order valence-corrected chi connectivity index (χ0v) is 15.7. The average Bonchev–Trinajstić information content (AvgIpc) is 2.85. The summed E-state index contributed by atoms with van der Waals surface area (Å²) in [5.74, 6) is 0.0204. The number of carbonyl (C=O) groups is 1. The maximum atomic E-state index is 12.6. The Morgan fingerprint density at radius 3 is 2.79 bits per heavy atom. The minimum absolute atomic E-state index is 0. The molecule has 0 radical (unpaired) electrons. The van der Waals surface area contributed by atoms with Gasteiger partial charge in [-0.25, -0.2) is 0 Å². The van der Waals surface area contributed by atoms with Crippen molar-refractivity contribution in [3.63, 3.8) is 0 Å². The van der Waals surface area contributed by atoms with E-state index in [9.17, 15) is 4.79 Å². The van der Waals surface area contributed by atoms with E-state index in [2.05, 4.69) is 29.7 Å². The van der Waals surface area contributed by atoms with Crippen molar-refractivity contribution in [3.8, 4) is 0 Å². The van der Waals surface area contributed by atoms with Crippen molar-refractivity contribution < 1.29 is 4.79 Å². The molecule has 1 heterocycles. The van der Waals surface area contributed by atoms with Crippen molar-refractivity contribution >= 4 is 35.3 Å². The van der Waals surface area contributed by atoms with Crippen molar-refractivity contribution in [2.24, 2.45) is 0 Å². The zero-order valence-electron chi connectivity index (χ0n) is 14.1. The first kappa shape index (κ1) is 19.0. The Balaban J connectivity index is 0.00000208. The molecule has 5 heteroatoms. The minimum Gasteiger partial charge on any atom is -0.321 e. The van der Waals surface area contributed by atoms with Gasteiger partial charge in [0.05, 0.1) is 4.88 Å². The largest absolute Gasteiger partial charge is 0.321 e. The Bertz CT molecular complexity index is 660. The zero-order chi connectivity index (χ0) is 16.1. The maximum absolute atomic E-state index is 12.6. The smallest absolute Gasteiger partial charge is 0.265 e. The van der Waals surface area contributed by atoms with E-state index in [1.165, 1.54) is 29.7 Å². The Kier molecular flexibility index (Phi) is 7.28. The number of thiophene rings is 1. The van der Waals surface area contributed by atoms with Gasteiger partial charge >= 0.3 is 0 Å². The molecule has 1 aliphatic carbocycles. The summed E-state index contributed by atoms with van der Waals surface area (Å²) in [5.41, 5.74) is 3.42. The molecule has 0 atom stereocenters. The second-order valence-corrected chi connectivity index (χ2v) is 7.15. The number of halogens is 1. The van der Waals surface area contributed by atoms with E-state index in [1.807, 2.05) is 18.2 Å². The summed E-state index contributed by atoms with van der Waals surface area (Å²) in [6.45, 7) is 3.77. The third kappa shape index (κ3) is 4.59. The average molecular weight is 365 g/mol. The molecule has 0 unspecified atom stereocenters. The molecule has 1 aliphatic rings. The van der Waals surface area contributed by atoms with Crippen LogP contribution in [0.2, 0.25) is 0 Å². The Labute approximate surface area is 154 Å². The summed E-state index contributed by atoms with van der Waals surface area (Å²) in [7, 11) is 0. The molecule has 1 amide bonds. The molecule has 0 aliphatic heterocycles. The number of carbonyl (C=O) groups excluding carboxylic acids is 1. The predicted octanol–water partition coefficient (Wildman–Crippen LogP) is 4.80. The Morgan fingerprint density at radius 2 is 1.96 bits per heavy atom. The molecule has 3 nitrogen and oxygen atoms in total. The topological polar surface area (TPSA) is 41.1 Å². The van der Waals surface area contributed by atoms with Gasteiger partial charge in [-0.15, -0.1) is 23.7 Å². The van der Waals surface area contributed by atoms with Crippen LogP contribution in [0.5, 0.6) is 0 Å². The number of rotatable bonds is 5. The molecule has 0 saturated heterocycles. The number of hydrogen-bond acceptors (Lipinski definition) is 3. The summed E-state index contributed by atoms with van der Waals surface area (Å²) in [5, 5.41) is 6.41. The highest BCUT2D eigenvalue weighted by Gasteiger charge is 2.17. The second kappa shape index (κ2) is 9.21. The van der Waals surface area contributed by atoms with Crippen molar-refractivity contribution in [1.82, 2.24) is 5.32 Å². The number of hydrogen-bond donors (Lipinski definition) is 2. The third-order valence-electron chi connectivity index (χ3n) is 4.30. The number of anilines is 1. The van der Waals surface area contributed by atoms with Crippen LogP contribution in [0.25, 0.3) is 0 Å². The van der Waals surface area contributed by atoms with Gasteiger partial charge < -0.3 is 10.6 Å². The lowest BCUT2D eigenvalue weighted by atomic mass is 10.1. The van der Waals surface area contributed by atoms with Crippen LogP contribution in [-0.4, -0.2) is 12.5 Å². The Morgan fingerprint density at radius 1 is 1.17 bits per heavy atom. The lowest BCUT2D eigenvalue weighted by molar-refractivity contribution is 0.103. The van der Waals surface area contributed by atoms with E-state index < -0.39 is 0 Å². The van der Waals surface area contributed by atoms with E-state index in [0.29, 0.717) is 0 Å². The number of para-hydroxylation sites is 1. The molecule has 0 spiro atoms. The highest BCUT2D eigenvalue weighted by molar-refractivity contribution is 7.14. The third-order valence-corrected chi connectivity index (χ3v) is 5.54. The predicted molar refractivity (Wildman–Crippen MR) is 105 cm³/mol. The summed E-state index contributed by atoms with van der Waals surface area (Å²) < 4.78 is 0. The molecule has 0 saturated carbocycles. The van der Waals surface area contributed by atoms with Crippen LogP contribution in [0.15, 0.2) is 30.3 Å². The molecule has 130 valence electrons. The van der Waals surface area contributed by atoms with Gasteiger partial charge in [0.15, 0.2) is 0 Å². The van der Waals surface area contributed by atoms with Crippen LogP contribution < -0.4 is 10.6 Å². The summed E-state index contributed by atoms with van der Waals surface area (Å²) in [4.78, 5) is 14.9. The van der Waals surface area contributed by atoms with Crippen molar-refractivity contribution in [3.05, 3.63) is 51.2 Å². The molecule has 0 fully saturated rings. The standard InChI is InChI=1S/C19H24N2OS.ClH/c1-2-20-13-15-9-6-7-10-16(15)21-19(22)18-12-14-8-4-3-5-11-17(14)23-18;/h6-7,9-10,12,20H,2-5,8,11,13H2,1H3,(H,21,22);1H. The van der Waals surface area contributed by atoms with Crippen LogP contribution in [0, 0.1) is 0 Å². The number of aryl methyl sites for hydroxylation is 2. The number of amides is 1. The fourth-order valence-electron chi connectivity index (χ4n) is 3.02. The minimum atomic E-state index is 0. The van der Waals surface area contributed by atoms with Crippen molar-refractivity contribution in [2.45, 2.75) is 45.6 Å². The number of fused-ring (bicyclic) bond motifs is 1. The van der Waals surface area contributed by atoms with Crippen LogP contribution in [0.1, 0.15) is 51.9 Å². The van der Waals surface area contributed by atoms with Gasteiger partial charge in [0.1, 0.15) is 0 Å². The van der Waals surface area contributed by atoms with E-state index in [-0.39, 0.29) is 18.3 Å². The van der Waals surface area contributed by atoms with Gasteiger partial charge in [-0.05, 0) is 55.5 Å². The molecular formula is C19H25ClN2OS. The molecule has 1 aromatic heterocycles. The molecule has 24 heavy (non-hydrogen) atoms. The van der Waals surface area contributed by atoms with Gasteiger partial charge in [0.25, 0.3) is 5.91 Å². The summed E-state index contributed by atoms with van der Waals surface area (Å²) >= 11 is 1.67. The molecule has 0 bridgehead atoms. The van der Waals surface area contributed by atoms with Gasteiger partial charge in [0.2, 0.25) is 0 Å². The monoisotopic (exact) mass is 364 g/mol. The molecule has 1 aromatic carbocycles. The lowest BCUT2D eigenvalue weighted by Gasteiger charge is -2.10. The van der Waals surface area contributed by atoms with E-state index in [0.717, 1.165) is 42.1 Å². The van der Waals surface area contributed by atoms with Gasteiger partial charge in [-0.3, -0.25) is 4.79 Å². The van der Waals surface area contributed by atoms with Crippen LogP contribution >= 0.6 is 23.7 Å². The van der Waals surface area contributed by atoms with Gasteiger partial charge in [-0.1, -0.05) is 31.5 Å². The van der Waals surface area contributed by atoms with Crippen LogP contribution in [0.3, 0.4) is 0 Å². The van der Waals surface area contributed by atoms with Gasteiger partial charge in [-0.2, -0.15) is 0 Å². The second-order valence-electron chi connectivity index (χ2n) is 6.01. The van der Waals surface area contributed by atoms with E-state index in [1.54, 1.807) is 11.3 Å². The quantitative estimate of drug-likeness (QED) is 0.748. The van der Waals surface area contributed by atoms with E-state index >= 15 is 0 Å². The normalized spacial score (nSPS) is 13.5. The number of nitrogens with one attached hydrogen (secondary N) is 2. The SMILES string of the molecule is CCNCc1ccccc1NC(=O)c1cc2c(s1)CCCCC2.Cl. The summed E-state index contributed by atoms with van der Waals surface area (Å²) in [6.07, 6.45) is 6.05. The summed E-state index contributed by atoms with van der Waals surface area (Å²) in [6, 6.07) is 10.1. The molecule has 3 rings (SSSR count). The van der Waals surface area contributed by atoms with E-state index in [4.69, 9.17) is 0 Å². The van der Waals surface area contributed by atoms with Crippen LogP contribution in [-0.2, 0) is 19.4 Å².